The molecule has 18 heteroatoms. The fourth-order valence-electron chi connectivity index (χ4n) is 4.99. The fraction of sp³-hybridized carbons (Fsp3) is 0.273. The van der Waals surface area contributed by atoms with E-state index >= 15 is 0 Å². The van der Waals surface area contributed by atoms with Crippen LogP contribution in [0, 0.1) is 0 Å². The maximum absolute atomic E-state index is 14.0. The molecule has 4 rings (SSSR count). The summed E-state index contributed by atoms with van der Waals surface area (Å²) < 4.78 is 32.0. The minimum absolute atomic E-state index is 0.189. The number of ether oxygens (including phenoxy) is 6. The van der Waals surface area contributed by atoms with Gasteiger partial charge in [0, 0.05) is 28.2 Å². The molecule has 0 N–H and O–H groups in total. The molecule has 4 aromatic carbocycles. The van der Waals surface area contributed by atoms with E-state index in [9.17, 15) is 38.4 Å². The molecule has 0 radical (unpaired) electrons. The molecule has 0 aliphatic rings. The van der Waals surface area contributed by atoms with Crippen molar-refractivity contribution in [2.75, 3.05) is 28.2 Å². The summed E-state index contributed by atoms with van der Waals surface area (Å²) >= 11 is 0. The molecule has 0 atom stereocenters. The molecule has 0 aromatic heterocycles. The van der Waals surface area contributed by atoms with E-state index in [-0.39, 0.29) is 33.8 Å². The molecule has 0 saturated carbocycles. The quantitative estimate of drug-likeness (QED) is 0.0488. The molecular formula is C44H44N2O16. The third-order valence-electron chi connectivity index (χ3n) is 7.69. The molecule has 0 heterocycles. The Kier molecular flexibility index (Phi) is 14.8. The number of hydrogen-bond donors (Lipinski definition) is 0. The van der Waals surface area contributed by atoms with E-state index in [0.29, 0.717) is 0 Å². The van der Waals surface area contributed by atoms with Gasteiger partial charge in [-0.05, 0) is 90.1 Å². The SMILES string of the molecule is CN(C)C(=O)Oc1c(C(=O)OOC(=O)c2cccc(C(=O)c3ccccc3OC(=O)OC(C)(C)C)c2OC(=O)N(C)C)cccc1C(=O)c1ccccc1OC(=O)OC(C)(C)C. The Morgan fingerprint density at radius 2 is 0.710 bits per heavy atom. The number of rotatable bonds is 10. The van der Waals surface area contributed by atoms with Crippen LogP contribution < -0.4 is 18.9 Å². The predicted octanol–water partition coefficient (Wildman–Crippen LogP) is 7.83. The number of carbonyl (C=O) groups excluding carboxylic acids is 8. The minimum Gasteiger partial charge on any atom is -0.428 e. The van der Waals surface area contributed by atoms with Crippen molar-refractivity contribution in [3.8, 4) is 23.0 Å². The topological polar surface area (TPSA) is 217 Å². The smallest absolute Gasteiger partial charge is 0.428 e. The minimum atomic E-state index is -1.44. The highest BCUT2D eigenvalue weighted by Crippen LogP contribution is 2.33. The lowest BCUT2D eigenvalue weighted by atomic mass is 9.99. The van der Waals surface area contributed by atoms with Crippen molar-refractivity contribution in [2.24, 2.45) is 0 Å². The third-order valence-corrected chi connectivity index (χ3v) is 7.69. The van der Waals surface area contributed by atoms with E-state index in [0.717, 1.165) is 21.9 Å². The number of ketones is 2. The van der Waals surface area contributed by atoms with Gasteiger partial charge in [0.15, 0.2) is 11.5 Å². The summed E-state index contributed by atoms with van der Waals surface area (Å²) in [6.45, 7) is 9.69. The Balaban J connectivity index is 1.70. The molecule has 0 saturated heterocycles. The summed E-state index contributed by atoms with van der Waals surface area (Å²) in [5.41, 5.74) is -4.12. The Bertz CT molecular complexity index is 2240. The molecule has 0 unspecified atom stereocenters. The van der Waals surface area contributed by atoms with E-state index in [4.69, 9.17) is 38.2 Å². The summed E-state index contributed by atoms with van der Waals surface area (Å²) in [6.07, 6.45) is -4.27. The van der Waals surface area contributed by atoms with E-state index in [1.165, 1.54) is 101 Å². The number of carbonyl (C=O) groups is 8. The van der Waals surface area contributed by atoms with Gasteiger partial charge in [-0.1, -0.05) is 36.4 Å². The average molecular weight is 857 g/mol. The molecule has 0 aliphatic heterocycles. The first-order valence-corrected chi connectivity index (χ1v) is 18.5. The highest BCUT2D eigenvalue weighted by atomic mass is 17.2. The summed E-state index contributed by atoms with van der Waals surface area (Å²) in [5, 5.41) is 0. The standard InChI is InChI=1S/C44H44N2O16/c1-43(2,3)59-41(53)55-31-23-13-11-17-25(31)33(47)27-19-15-21-29(35(27)57-39(51)45(7)8)37(49)61-62-38(50)30-22-16-20-28(36(30)58-40(52)46(9)10)34(48)26-18-12-14-24-32(26)56-42(54)60-44(4,5)6/h11-24H,1-10H3. The van der Waals surface area contributed by atoms with Crippen LogP contribution in [0.1, 0.15) is 94.1 Å². The van der Waals surface area contributed by atoms with Crippen molar-refractivity contribution in [2.45, 2.75) is 52.7 Å². The Morgan fingerprint density at radius 1 is 0.403 bits per heavy atom. The first kappa shape index (κ1) is 46.9. The Hall–Kier alpha value is -7.76. The second kappa shape index (κ2) is 19.5. The van der Waals surface area contributed by atoms with Gasteiger partial charge < -0.3 is 38.2 Å². The highest BCUT2D eigenvalue weighted by Gasteiger charge is 2.32. The zero-order valence-corrected chi connectivity index (χ0v) is 35.5. The average Bonchev–Trinajstić information content (AvgIpc) is 3.18. The molecule has 0 bridgehead atoms. The van der Waals surface area contributed by atoms with Gasteiger partial charge >= 0.3 is 36.4 Å². The highest BCUT2D eigenvalue weighted by molar-refractivity contribution is 6.15. The summed E-state index contributed by atoms with van der Waals surface area (Å²) in [5.74, 6) is -6.31. The van der Waals surface area contributed by atoms with Gasteiger partial charge in [-0.25, -0.2) is 38.5 Å². The van der Waals surface area contributed by atoms with Gasteiger partial charge in [-0.3, -0.25) is 9.59 Å². The zero-order chi connectivity index (χ0) is 46.1. The van der Waals surface area contributed by atoms with Crippen molar-refractivity contribution in [1.29, 1.82) is 0 Å². The van der Waals surface area contributed by atoms with Crippen LogP contribution in [-0.2, 0) is 19.2 Å². The van der Waals surface area contributed by atoms with Crippen LogP contribution in [0.4, 0.5) is 19.2 Å². The maximum Gasteiger partial charge on any atom is 0.514 e. The van der Waals surface area contributed by atoms with Crippen molar-refractivity contribution in [3.05, 3.63) is 118 Å². The van der Waals surface area contributed by atoms with Crippen LogP contribution >= 0.6 is 0 Å². The normalized spacial score (nSPS) is 10.9. The molecular weight excluding hydrogens is 812 g/mol. The first-order valence-electron chi connectivity index (χ1n) is 18.5. The van der Waals surface area contributed by atoms with Crippen LogP contribution in [0.3, 0.4) is 0 Å². The number of nitrogens with zero attached hydrogens (tertiary/aromatic N) is 2. The molecule has 4 aromatic rings. The molecule has 0 spiro atoms. The van der Waals surface area contributed by atoms with Crippen molar-refractivity contribution in [1.82, 2.24) is 9.80 Å². The summed E-state index contributed by atoms with van der Waals surface area (Å²) in [6, 6.07) is 18.4. The van der Waals surface area contributed by atoms with Crippen molar-refractivity contribution >= 4 is 48.0 Å². The zero-order valence-electron chi connectivity index (χ0n) is 35.5. The summed E-state index contributed by atoms with van der Waals surface area (Å²) in [7, 11) is 5.34. The van der Waals surface area contributed by atoms with Crippen LogP contribution in [-0.4, -0.2) is 97.2 Å². The van der Waals surface area contributed by atoms with Gasteiger partial charge in [0.05, 0.1) is 22.3 Å². The monoisotopic (exact) mass is 856 g/mol. The van der Waals surface area contributed by atoms with Crippen LogP contribution in [0.25, 0.3) is 0 Å². The Morgan fingerprint density at radius 3 is 1.03 bits per heavy atom. The molecule has 18 nitrogen and oxygen atoms in total. The number of benzene rings is 4. The van der Waals surface area contributed by atoms with E-state index in [1.54, 1.807) is 41.5 Å². The van der Waals surface area contributed by atoms with Gasteiger partial charge in [0.1, 0.15) is 33.8 Å². The third kappa shape index (κ3) is 12.4. The second-order valence-corrected chi connectivity index (χ2v) is 15.4. The lowest BCUT2D eigenvalue weighted by Crippen LogP contribution is -2.28. The van der Waals surface area contributed by atoms with Crippen LogP contribution in [0.5, 0.6) is 23.0 Å². The fourth-order valence-corrected chi connectivity index (χ4v) is 4.99. The van der Waals surface area contributed by atoms with Crippen LogP contribution in [0.15, 0.2) is 84.9 Å². The van der Waals surface area contributed by atoms with Gasteiger partial charge in [-0.15, -0.1) is 0 Å². The van der Waals surface area contributed by atoms with E-state index in [2.05, 4.69) is 0 Å². The van der Waals surface area contributed by atoms with Gasteiger partial charge in [-0.2, -0.15) is 0 Å². The lowest BCUT2D eigenvalue weighted by molar-refractivity contribution is -0.187. The summed E-state index contributed by atoms with van der Waals surface area (Å²) in [4.78, 5) is 118. The largest absolute Gasteiger partial charge is 0.514 e. The van der Waals surface area contributed by atoms with Crippen molar-refractivity contribution < 1.29 is 76.6 Å². The number of amides is 2. The molecule has 62 heavy (non-hydrogen) atoms. The van der Waals surface area contributed by atoms with Gasteiger partial charge in [0.2, 0.25) is 11.6 Å². The molecule has 2 amide bonds. The van der Waals surface area contributed by atoms with Crippen molar-refractivity contribution in [3.63, 3.8) is 0 Å². The predicted molar refractivity (Wildman–Crippen MR) is 217 cm³/mol. The Labute approximate surface area is 356 Å². The molecule has 0 fully saturated rings. The number of para-hydroxylation sites is 4. The molecule has 326 valence electrons. The van der Waals surface area contributed by atoms with Gasteiger partial charge in [0.25, 0.3) is 0 Å². The second-order valence-electron chi connectivity index (χ2n) is 15.4. The van der Waals surface area contributed by atoms with E-state index < -0.39 is 81.8 Å². The van der Waals surface area contributed by atoms with Crippen LogP contribution in [0.2, 0.25) is 0 Å². The number of hydrogen-bond acceptors (Lipinski definition) is 16. The molecule has 0 aliphatic carbocycles. The van der Waals surface area contributed by atoms with E-state index in [1.807, 2.05) is 0 Å². The first-order chi connectivity index (χ1) is 29.0. The lowest BCUT2D eigenvalue weighted by Gasteiger charge is -2.20. The maximum atomic E-state index is 14.0.